The van der Waals surface area contributed by atoms with Crippen LogP contribution in [0.4, 0.5) is 5.69 Å². The van der Waals surface area contributed by atoms with E-state index in [9.17, 15) is 18.0 Å². The topological polar surface area (TPSA) is 96.0 Å². The number of nitrogens with zero attached hydrogens (tertiary/aromatic N) is 2. The Bertz CT molecular complexity index is 827. The second-order valence-electron chi connectivity index (χ2n) is 7.08. The summed E-state index contributed by atoms with van der Waals surface area (Å²) in [5.74, 6) is -1.04. The lowest BCUT2D eigenvalue weighted by atomic mass is 10.1. The van der Waals surface area contributed by atoms with Gasteiger partial charge in [-0.25, -0.2) is 17.5 Å². The molecule has 0 aromatic heterocycles. The van der Waals surface area contributed by atoms with E-state index in [0.717, 1.165) is 43.1 Å². The van der Waals surface area contributed by atoms with Crippen molar-refractivity contribution in [3.8, 4) is 0 Å². The molecule has 27 heavy (non-hydrogen) atoms. The standard InChI is InChI=1S/C18H25N3O5S/c1-20(2)27(24,25)14-7-8-16(21-9-3-4-10-21)15(11-14)18(23)26-12-17(22)19-13-5-6-13/h7-8,11,13H,3-6,9-10,12H2,1-2H3,(H,19,22). The maximum Gasteiger partial charge on any atom is 0.340 e. The minimum Gasteiger partial charge on any atom is -0.452 e. The van der Waals surface area contributed by atoms with Gasteiger partial charge in [-0.05, 0) is 43.9 Å². The van der Waals surface area contributed by atoms with Crippen molar-refractivity contribution < 1.29 is 22.7 Å². The summed E-state index contributed by atoms with van der Waals surface area (Å²) < 4.78 is 31.1. The number of benzene rings is 1. The molecule has 1 aromatic carbocycles. The van der Waals surface area contributed by atoms with Crippen LogP contribution in [0, 0.1) is 0 Å². The van der Waals surface area contributed by atoms with Gasteiger partial charge in [-0.1, -0.05) is 0 Å². The van der Waals surface area contributed by atoms with Crippen molar-refractivity contribution in [1.29, 1.82) is 0 Å². The van der Waals surface area contributed by atoms with Gasteiger partial charge < -0.3 is 15.0 Å². The molecule has 8 nitrogen and oxygen atoms in total. The zero-order chi connectivity index (χ0) is 19.6. The average Bonchev–Trinajstić information content (AvgIpc) is 3.27. The van der Waals surface area contributed by atoms with Gasteiger partial charge in [0.25, 0.3) is 5.91 Å². The molecule has 0 unspecified atom stereocenters. The van der Waals surface area contributed by atoms with Crippen molar-refractivity contribution in [3.05, 3.63) is 23.8 Å². The predicted octanol–water partition coefficient (Wildman–Crippen LogP) is 0.973. The number of sulfonamides is 1. The molecule has 1 aromatic rings. The molecular formula is C18H25N3O5S. The Hall–Kier alpha value is -2.13. The van der Waals surface area contributed by atoms with Gasteiger partial charge in [0.1, 0.15) is 0 Å². The Kier molecular flexibility index (Phi) is 5.71. The number of anilines is 1. The van der Waals surface area contributed by atoms with Crippen LogP contribution in [0.2, 0.25) is 0 Å². The van der Waals surface area contributed by atoms with Crippen LogP contribution < -0.4 is 10.2 Å². The number of nitrogens with one attached hydrogen (secondary N) is 1. The van der Waals surface area contributed by atoms with E-state index in [-0.39, 0.29) is 29.0 Å². The van der Waals surface area contributed by atoms with Crippen LogP contribution in [-0.2, 0) is 19.6 Å². The monoisotopic (exact) mass is 395 g/mol. The number of hydrogen-bond donors (Lipinski definition) is 1. The summed E-state index contributed by atoms with van der Waals surface area (Å²) in [5, 5.41) is 2.75. The highest BCUT2D eigenvalue weighted by Crippen LogP contribution is 2.28. The Morgan fingerprint density at radius 1 is 1.22 bits per heavy atom. The van der Waals surface area contributed by atoms with Gasteiger partial charge in [-0.15, -0.1) is 0 Å². The summed E-state index contributed by atoms with van der Waals surface area (Å²) in [7, 11) is -0.815. The molecule has 1 amide bonds. The molecule has 2 aliphatic rings. The van der Waals surface area contributed by atoms with Gasteiger partial charge >= 0.3 is 5.97 Å². The number of hydrogen-bond acceptors (Lipinski definition) is 6. The highest BCUT2D eigenvalue weighted by Gasteiger charge is 2.27. The molecule has 148 valence electrons. The van der Waals surface area contributed by atoms with Crippen molar-refractivity contribution in [2.75, 3.05) is 38.7 Å². The second-order valence-corrected chi connectivity index (χ2v) is 9.23. The van der Waals surface area contributed by atoms with E-state index in [1.54, 1.807) is 6.07 Å². The van der Waals surface area contributed by atoms with Gasteiger partial charge in [0.05, 0.1) is 16.1 Å². The van der Waals surface area contributed by atoms with Crippen molar-refractivity contribution in [2.45, 2.75) is 36.6 Å². The van der Waals surface area contributed by atoms with E-state index >= 15 is 0 Å². The molecule has 2 fully saturated rings. The van der Waals surface area contributed by atoms with Gasteiger partial charge in [0.2, 0.25) is 10.0 Å². The van der Waals surface area contributed by atoms with Crippen molar-refractivity contribution in [2.24, 2.45) is 0 Å². The highest BCUT2D eigenvalue weighted by atomic mass is 32.2. The normalized spacial score (nSPS) is 17.2. The fraction of sp³-hybridized carbons (Fsp3) is 0.556. The smallest absolute Gasteiger partial charge is 0.340 e. The van der Waals surface area contributed by atoms with Crippen LogP contribution in [0.3, 0.4) is 0 Å². The molecule has 1 aliphatic heterocycles. The number of carbonyl (C=O) groups is 2. The van der Waals surface area contributed by atoms with E-state index in [0.29, 0.717) is 5.69 Å². The molecule has 1 heterocycles. The van der Waals surface area contributed by atoms with E-state index < -0.39 is 16.0 Å². The molecule has 0 radical (unpaired) electrons. The maximum atomic E-state index is 12.6. The van der Waals surface area contributed by atoms with Crippen LogP contribution in [-0.4, -0.2) is 64.4 Å². The molecule has 0 bridgehead atoms. The fourth-order valence-electron chi connectivity index (χ4n) is 2.99. The van der Waals surface area contributed by atoms with Crippen LogP contribution in [0.5, 0.6) is 0 Å². The summed E-state index contributed by atoms with van der Waals surface area (Å²) in [6.07, 6.45) is 3.92. The van der Waals surface area contributed by atoms with Gasteiger partial charge in [0.15, 0.2) is 6.61 Å². The van der Waals surface area contributed by atoms with Gasteiger partial charge in [-0.2, -0.15) is 0 Å². The SMILES string of the molecule is CN(C)S(=O)(=O)c1ccc(N2CCCC2)c(C(=O)OCC(=O)NC2CC2)c1. The summed E-state index contributed by atoms with van der Waals surface area (Å²) in [6, 6.07) is 4.66. The van der Waals surface area contributed by atoms with Crippen LogP contribution in [0.25, 0.3) is 0 Å². The summed E-state index contributed by atoms with van der Waals surface area (Å²) in [6.45, 7) is 1.21. The van der Waals surface area contributed by atoms with Crippen LogP contribution in [0.15, 0.2) is 23.1 Å². The third kappa shape index (κ3) is 4.59. The average molecular weight is 395 g/mol. The van der Waals surface area contributed by atoms with Gasteiger partial charge in [-0.3, -0.25) is 4.79 Å². The molecule has 0 atom stereocenters. The van der Waals surface area contributed by atoms with Crippen molar-refractivity contribution in [3.63, 3.8) is 0 Å². The highest BCUT2D eigenvalue weighted by molar-refractivity contribution is 7.89. The number of ether oxygens (including phenoxy) is 1. The number of carbonyl (C=O) groups excluding carboxylic acids is 2. The minimum atomic E-state index is -3.68. The summed E-state index contributed by atoms with van der Waals surface area (Å²) in [5.41, 5.74) is 0.803. The van der Waals surface area contributed by atoms with Crippen LogP contribution in [0.1, 0.15) is 36.0 Å². The third-order valence-electron chi connectivity index (χ3n) is 4.69. The first-order chi connectivity index (χ1) is 12.8. The maximum absolute atomic E-state index is 12.6. The number of esters is 1. The molecule has 9 heteroatoms. The molecule has 1 N–H and O–H groups in total. The van der Waals surface area contributed by atoms with Crippen molar-refractivity contribution in [1.82, 2.24) is 9.62 Å². The van der Waals surface area contributed by atoms with Crippen molar-refractivity contribution >= 4 is 27.6 Å². The molecule has 1 saturated heterocycles. The minimum absolute atomic E-state index is 0.0184. The van der Waals surface area contributed by atoms with Gasteiger partial charge in [0, 0.05) is 33.2 Å². The largest absolute Gasteiger partial charge is 0.452 e. The zero-order valence-electron chi connectivity index (χ0n) is 15.6. The zero-order valence-corrected chi connectivity index (χ0v) is 16.4. The number of amides is 1. The van der Waals surface area contributed by atoms with E-state index in [1.807, 2.05) is 4.90 Å². The van der Waals surface area contributed by atoms with E-state index in [1.165, 1.54) is 26.2 Å². The molecule has 3 rings (SSSR count). The molecular weight excluding hydrogens is 370 g/mol. The first kappa shape index (κ1) is 19.6. The lowest BCUT2D eigenvalue weighted by Crippen LogP contribution is -2.31. The summed E-state index contributed by atoms with van der Waals surface area (Å²) >= 11 is 0. The molecule has 0 spiro atoms. The number of rotatable bonds is 7. The quantitative estimate of drug-likeness (QED) is 0.691. The van der Waals surface area contributed by atoms with E-state index in [4.69, 9.17) is 4.74 Å². The lowest BCUT2D eigenvalue weighted by molar-refractivity contribution is -0.124. The summed E-state index contributed by atoms with van der Waals surface area (Å²) in [4.78, 5) is 26.5. The third-order valence-corrected chi connectivity index (χ3v) is 6.50. The first-order valence-electron chi connectivity index (χ1n) is 9.07. The fourth-order valence-corrected chi connectivity index (χ4v) is 3.92. The Labute approximate surface area is 159 Å². The Morgan fingerprint density at radius 2 is 1.89 bits per heavy atom. The van der Waals surface area contributed by atoms with E-state index in [2.05, 4.69) is 5.32 Å². The first-order valence-corrected chi connectivity index (χ1v) is 10.5. The lowest BCUT2D eigenvalue weighted by Gasteiger charge is -2.22. The molecule has 1 saturated carbocycles. The molecule has 1 aliphatic carbocycles. The second kappa shape index (κ2) is 7.85. The Balaban J connectivity index is 1.84. The Morgan fingerprint density at radius 3 is 2.48 bits per heavy atom. The predicted molar refractivity (Wildman–Crippen MR) is 100 cm³/mol. The van der Waals surface area contributed by atoms with Crippen LogP contribution >= 0.6 is 0 Å².